The lowest BCUT2D eigenvalue weighted by atomic mass is 10.1. The second-order valence-electron chi connectivity index (χ2n) is 16.6. The van der Waals surface area contributed by atoms with E-state index in [1.165, 1.54) is 54.8 Å². The van der Waals surface area contributed by atoms with Gasteiger partial charge in [0.1, 0.15) is 45.0 Å². The Morgan fingerprint density at radius 2 is 1.49 bits per heavy atom. The molecule has 0 aliphatic rings. The number of aromatic hydroxyl groups is 2. The molecule has 0 aliphatic heterocycles. The van der Waals surface area contributed by atoms with Gasteiger partial charge in [0.05, 0.1) is 68.6 Å². The fourth-order valence-electron chi connectivity index (χ4n) is 7.84. The highest BCUT2D eigenvalue weighted by atomic mass is 32.2. The number of aromatic carboxylic acids is 1. The Kier molecular flexibility index (Phi) is 20.0. The standard InChI is InChI=1S/C44H37N11O17S5.CH4O3S/c1-22-26(21-45)41-46-27-7-3-4-8-32(27)55(41)42(57)37(22)51-48-29-12-10-24-25(40(29)77(65,66)67)18-36(75-72-70-61)38(39(24)56)52-49-30-20-34(68-2)31(50-53-44-47-28-11-9-23(43(58)59)17-35(28)74-44)19-33(30)54(13-5-15-73-71-69-60)14-6-16-76(62,63)64;1-5(2,3)4/h3-4,7-12,17-20,56-57,60-61H,5-6,13-16H2,1-2H3,(H,58,59)(H,62,63,64)(H,65,66,67);1H3,(H,2,3,4). The quantitative estimate of drug-likeness (QED) is 0.00736. The van der Waals surface area contributed by atoms with Crippen LogP contribution >= 0.6 is 35.4 Å². The van der Waals surface area contributed by atoms with Crippen molar-refractivity contribution < 1.29 is 93.0 Å². The molecule has 0 atom stereocenters. The van der Waals surface area contributed by atoms with Crippen molar-refractivity contribution in [2.24, 2.45) is 30.7 Å². The number of azo groups is 3. The fourth-order valence-corrected chi connectivity index (χ4v) is 10.8. The number of anilines is 1. The van der Waals surface area contributed by atoms with E-state index in [-0.39, 0.29) is 110 Å². The average molecular weight is 1250 g/mol. The highest BCUT2D eigenvalue weighted by Crippen LogP contribution is 2.49. The minimum absolute atomic E-state index is 0.0254. The number of phenolic OH excluding ortho intramolecular Hbond substituents is 1. The summed E-state index contributed by atoms with van der Waals surface area (Å²) in [6, 6.07) is 19.2. The number of carboxylic acid groups (broad SMARTS) is 1. The molecule has 0 fully saturated rings. The number of thiazole rings is 1. The summed E-state index contributed by atoms with van der Waals surface area (Å²) in [5, 5.41) is 93.3. The minimum Gasteiger partial charge on any atom is -0.505 e. The van der Waals surface area contributed by atoms with Crippen LogP contribution in [0, 0.1) is 18.3 Å². The van der Waals surface area contributed by atoms with E-state index in [9.17, 15) is 65.0 Å². The van der Waals surface area contributed by atoms with E-state index in [2.05, 4.69) is 55.1 Å². The molecular formula is C45H41N11O20S6. The van der Waals surface area contributed by atoms with Crippen molar-refractivity contribution in [2.75, 3.05) is 42.9 Å². The third kappa shape index (κ3) is 15.1. The molecule has 0 saturated heterocycles. The summed E-state index contributed by atoms with van der Waals surface area (Å²) < 4.78 is 113. The van der Waals surface area contributed by atoms with Crippen LogP contribution in [0.25, 0.3) is 37.7 Å². The largest absolute Gasteiger partial charge is 0.505 e. The lowest BCUT2D eigenvalue weighted by molar-refractivity contribution is -0.432. The summed E-state index contributed by atoms with van der Waals surface area (Å²) in [5.41, 5.74) is 0.615. The van der Waals surface area contributed by atoms with Crippen molar-refractivity contribution in [1.29, 1.82) is 5.26 Å². The zero-order chi connectivity index (χ0) is 59.7. The Labute approximate surface area is 474 Å². The Morgan fingerprint density at radius 1 is 0.805 bits per heavy atom. The van der Waals surface area contributed by atoms with Crippen LogP contribution in [0.1, 0.15) is 34.3 Å². The van der Waals surface area contributed by atoms with Gasteiger partial charge in [-0.2, -0.15) is 30.5 Å². The normalized spacial score (nSPS) is 12.3. The first kappa shape index (κ1) is 62.0. The lowest BCUT2D eigenvalue weighted by Gasteiger charge is -2.26. The van der Waals surface area contributed by atoms with Crippen molar-refractivity contribution in [3.8, 4) is 23.4 Å². The minimum atomic E-state index is -5.29. The Morgan fingerprint density at radius 3 is 2.16 bits per heavy atom. The maximum Gasteiger partial charge on any atom is 0.335 e. The Hall–Kier alpha value is -7.65. The van der Waals surface area contributed by atoms with Crippen LogP contribution in [-0.4, -0.2) is 123 Å². The van der Waals surface area contributed by atoms with Gasteiger partial charge in [-0.1, -0.05) is 33.5 Å². The van der Waals surface area contributed by atoms with Crippen molar-refractivity contribution in [3.05, 3.63) is 89.5 Å². The van der Waals surface area contributed by atoms with Crippen LogP contribution in [0.15, 0.2) is 113 Å². The number of nitriles is 1. The SMILES string of the molecule is COc1cc(N=Nc2c(SOOO)cc3c(S(=O)(=O)O)c(N=Nc4c(C)c(C#N)c5nc6ccccc6n5c4O)ccc3c2O)c(N(CCCSOOO)CCCS(=O)(=O)O)cc1N=Nc1nc2ccc(C(=O)O)cc2s1.CS(=O)(=O)O. The van der Waals surface area contributed by atoms with E-state index in [0.29, 0.717) is 27.5 Å². The Balaban J connectivity index is 0.00000185. The maximum absolute atomic E-state index is 13.3. The third-order valence-electron chi connectivity index (χ3n) is 11.2. The number of carboxylic acids is 1. The predicted octanol–water partition coefficient (Wildman–Crippen LogP) is 10.5. The lowest BCUT2D eigenvalue weighted by Crippen LogP contribution is -2.27. The zero-order valence-electron chi connectivity index (χ0n) is 42.0. The number of hydrogen-bond donors (Lipinski definition) is 8. The molecule has 0 amide bonds. The summed E-state index contributed by atoms with van der Waals surface area (Å²) in [7, 11) is -12.1. The van der Waals surface area contributed by atoms with Crippen molar-refractivity contribution in [2.45, 2.75) is 29.6 Å². The van der Waals surface area contributed by atoms with Crippen LogP contribution in [0.5, 0.6) is 17.4 Å². The highest BCUT2D eigenvalue weighted by Gasteiger charge is 2.27. The van der Waals surface area contributed by atoms with E-state index in [0.717, 1.165) is 35.5 Å². The molecule has 432 valence electrons. The van der Waals surface area contributed by atoms with E-state index < -0.39 is 75.4 Å². The number of para-hydroxylation sites is 2. The van der Waals surface area contributed by atoms with Crippen LogP contribution in [0.3, 0.4) is 0 Å². The third-order valence-corrected chi connectivity index (χ3v) is 15.1. The topological polar surface area (TPSA) is 459 Å². The molecule has 0 bridgehead atoms. The van der Waals surface area contributed by atoms with Crippen LogP contribution in [0.4, 0.5) is 39.3 Å². The summed E-state index contributed by atoms with van der Waals surface area (Å²) in [5.74, 6) is -2.82. The molecule has 0 aliphatic carbocycles. The maximum atomic E-state index is 13.3. The molecule has 0 spiro atoms. The van der Waals surface area contributed by atoms with Gasteiger partial charge < -0.3 is 25.0 Å². The number of carbonyl (C=O) groups is 1. The van der Waals surface area contributed by atoms with E-state index in [4.69, 9.17) is 18.9 Å². The number of imidazole rings is 1. The molecule has 3 heterocycles. The summed E-state index contributed by atoms with van der Waals surface area (Å²) in [4.78, 5) is 20.9. The summed E-state index contributed by atoms with van der Waals surface area (Å²) >= 11 is 2.00. The molecule has 3 aromatic heterocycles. The first-order chi connectivity index (χ1) is 38.8. The molecule has 31 nitrogen and oxygen atoms in total. The summed E-state index contributed by atoms with van der Waals surface area (Å²) in [6.45, 7) is 1.51. The number of hydrogen-bond acceptors (Lipinski definition) is 29. The van der Waals surface area contributed by atoms with Gasteiger partial charge in [0.2, 0.25) is 11.0 Å². The van der Waals surface area contributed by atoms with E-state index >= 15 is 0 Å². The van der Waals surface area contributed by atoms with Gasteiger partial charge >= 0.3 is 5.97 Å². The van der Waals surface area contributed by atoms with Crippen molar-refractivity contribution in [1.82, 2.24) is 14.4 Å². The average Bonchev–Trinajstić information content (AvgIpc) is 3.83. The molecule has 82 heavy (non-hydrogen) atoms. The number of rotatable bonds is 23. The molecule has 0 unspecified atom stereocenters. The van der Waals surface area contributed by atoms with Crippen LogP contribution < -0.4 is 9.64 Å². The molecule has 37 heteroatoms. The first-order valence-corrected chi connectivity index (χ1v) is 30.0. The molecule has 0 radical (unpaired) electrons. The molecule has 0 saturated carbocycles. The second kappa shape index (κ2) is 26.5. The molecular weight excluding hydrogens is 1210 g/mol. The number of methoxy groups -OCH3 is 1. The van der Waals surface area contributed by atoms with Gasteiger partial charge in [-0.15, -0.1) is 39.4 Å². The van der Waals surface area contributed by atoms with Gasteiger partial charge in [0.15, 0.2) is 17.1 Å². The predicted molar refractivity (Wildman–Crippen MR) is 295 cm³/mol. The Bertz CT molecular complexity index is 4240. The zero-order valence-corrected chi connectivity index (χ0v) is 46.9. The van der Waals surface area contributed by atoms with Crippen molar-refractivity contribution in [3.63, 3.8) is 0 Å². The van der Waals surface area contributed by atoms with Crippen LogP contribution in [-0.2, 0) is 49.1 Å². The highest BCUT2D eigenvalue weighted by molar-refractivity contribution is 7.94. The summed E-state index contributed by atoms with van der Waals surface area (Å²) in [6.07, 6.45) is 0.865. The number of phenols is 1. The van der Waals surface area contributed by atoms with Crippen molar-refractivity contribution >= 4 is 149 Å². The van der Waals surface area contributed by atoms with Gasteiger partial charge in [-0.25, -0.2) is 25.3 Å². The van der Waals surface area contributed by atoms with E-state index in [1.807, 2.05) is 6.07 Å². The number of fused-ring (bicyclic) bond motifs is 5. The van der Waals surface area contributed by atoms with Gasteiger partial charge in [0.25, 0.3) is 30.4 Å². The smallest absolute Gasteiger partial charge is 0.335 e. The second-order valence-corrected chi connectivity index (χ2v) is 23.5. The monoisotopic (exact) mass is 1250 g/mol. The molecule has 8 N–H and O–H groups in total. The van der Waals surface area contributed by atoms with E-state index in [1.54, 1.807) is 29.2 Å². The number of nitrogens with zero attached hydrogens (tertiary/aromatic N) is 11. The van der Waals surface area contributed by atoms with Crippen LogP contribution in [0.2, 0.25) is 0 Å². The number of pyridine rings is 1. The molecule has 8 aromatic rings. The number of benzene rings is 5. The van der Waals surface area contributed by atoms with Gasteiger partial charge in [0, 0.05) is 53.3 Å². The fraction of sp³-hybridized carbons (Fsp3) is 0.200. The van der Waals surface area contributed by atoms with Gasteiger partial charge in [-0.05, 0) is 74.4 Å². The number of aromatic nitrogens is 3. The first-order valence-electron chi connectivity index (χ1n) is 22.7. The number of ether oxygens (including phenoxy) is 1. The molecule has 8 rings (SSSR count). The molecule has 5 aromatic carbocycles. The van der Waals surface area contributed by atoms with Gasteiger partial charge in [-0.3, -0.25) is 18.1 Å².